The van der Waals surface area contributed by atoms with Gasteiger partial charge in [0.1, 0.15) is 0 Å². The molecule has 5 heteroatoms. The molecule has 0 radical (unpaired) electrons. The minimum atomic E-state index is 0.186. The van der Waals surface area contributed by atoms with E-state index >= 15 is 0 Å². The van der Waals surface area contributed by atoms with E-state index in [1.165, 1.54) is 4.46 Å². The van der Waals surface area contributed by atoms with Crippen LogP contribution >= 0.6 is 0 Å². The van der Waals surface area contributed by atoms with Gasteiger partial charge in [0.2, 0.25) is 0 Å². The SMILES string of the molecule is COc1ccc(-n2cc([Se]c3ccccc3)nn2)cc1. The van der Waals surface area contributed by atoms with Crippen molar-refractivity contribution in [3.05, 3.63) is 60.8 Å². The summed E-state index contributed by atoms with van der Waals surface area (Å²) in [6.07, 6.45) is 1.98. The average molecular weight is 330 g/mol. The van der Waals surface area contributed by atoms with Gasteiger partial charge in [-0.15, -0.1) is 0 Å². The second-order valence-corrected chi connectivity index (χ2v) is 6.41. The Labute approximate surface area is 123 Å². The zero-order valence-corrected chi connectivity index (χ0v) is 12.6. The van der Waals surface area contributed by atoms with Crippen molar-refractivity contribution in [2.45, 2.75) is 0 Å². The predicted molar refractivity (Wildman–Crippen MR) is 79.4 cm³/mol. The van der Waals surface area contributed by atoms with Crippen molar-refractivity contribution < 1.29 is 4.74 Å². The summed E-state index contributed by atoms with van der Waals surface area (Å²) in [4.78, 5) is 0. The number of ether oxygens (including phenoxy) is 1. The first-order chi connectivity index (χ1) is 9.85. The Morgan fingerprint density at radius 2 is 1.75 bits per heavy atom. The first-order valence-corrected chi connectivity index (χ1v) is 7.86. The molecule has 0 bridgehead atoms. The molecule has 0 unspecified atom stereocenters. The molecule has 20 heavy (non-hydrogen) atoms. The summed E-state index contributed by atoms with van der Waals surface area (Å²) in [7, 11) is 1.66. The molecule has 2 aromatic carbocycles. The van der Waals surface area contributed by atoms with Crippen LogP contribution in [-0.2, 0) is 0 Å². The van der Waals surface area contributed by atoms with Crippen LogP contribution in [0.3, 0.4) is 0 Å². The summed E-state index contributed by atoms with van der Waals surface area (Å²) in [6, 6.07) is 18.1. The van der Waals surface area contributed by atoms with Crippen LogP contribution in [0.2, 0.25) is 0 Å². The monoisotopic (exact) mass is 331 g/mol. The van der Waals surface area contributed by atoms with Gasteiger partial charge in [-0.2, -0.15) is 0 Å². The quantitative estimate of drug-likeness (QED) is 0.668. The Bertz CT molecular complexity index is 680. The molecule has 0 fully saturated rings. The van der Waals surface area contributed by atoms with Crippen molar-refractivity contribution in [3.63, 3.8) is 0 Å². The second-order valence-electron chi connectivity index (χ2n) is 4.11. The molecule has 0 aliphatic heterocycles. The van der Waals surface area contributed by atoms with Crippen LogP contribution in [0.15, 0.2) is 60.8 Å². The normalized spacial score (nSPS) is 10.4. The van der Waals surface area contributed by atoms with E-state index in [-0.39, 0.29) is 15.0 Å². The average Bonchev–Trinajstić information content (AvgIpc) is 2.97. The Hall–Kier alpha value is -2.10. The Morgan fingerprint density at radius 3 is 2.45 bits per heavy atom. The standard InChI is InChI=1S/C15H13N3OSe/c1-19-13-9-7-12(8-10-13)18-11-15(16-17-18)20-14-5-3-2-4-6-14/h2-11H,1H3. The number of benzene rings is 2. The van der Waals surface area contributed by atoms with E-state index in [1.807, 2.05) is 48.7 Å². The minimum absolute atomic E-state index is 0.186. The van der Waals surface area contributed by atoms with Gasteiger partial charge in [-0.25, -0.2) is 0 Å². The summed E-state index contributed by atoms with van der Waals surface area (Å²) in [5.41, 5.74) is 0.980. The zero-order chi connectivity index (χ0) is 13.8. The van der Waals surface area contributed by atoms with Crippen LogP contribution in [0.1, 0.15) is 0 Å². The summed E-state index contributed by atoms with van der Waals surface area (Å²) >= 11 is 0.186. The molecule has 3 rings (SSSR count). The molecule has 0 N–H and O–H groups in total. The van der Waals surface area contributed by atoms with Crippen molar-refractivity contribution in [1.29, 1.82) is 0 Å². The zero-order valence-electron chi connectivity index (χ0n) is 10.9. The predicted octanol–water partition coefficient (Wildman–Crippen LogP) is 0.931. The third-order valence-corrected chi connectivity index (χ3v) is 4.67. The van der Waals surface area contributed by atoms with Crippen molar-refractivity contribution >= 4 is 24.0 Å². The number of hydrogen-bond acceptors (Lipinski definition) is 3. The maximum atomic E-state index is 5.15. The van der Waals surface area contributed by atoms with Crippen LogP contribution in [-0.4, -0.2) is 37.1 Å². The van der Waals surface area contributed by atoms with E-state index in [2.05, 4.69) is 22.4 Å². The van der Waals surface area contributed by atoms with E-state index in [0.717, 1.165) is 16.0 Å². The van der Waals surface area contributed by atoms with Gasteiger partial charge in [-0.1, -0.05) is 0 Å². The van der Waals surface area contributed by atoms with E-state index in [0.29, 0.717) is 0 Å². The van der Waals surface area contributed by atoms with E-state index in [1.54, 1.807) is 11.8 Å². The molecule has 0 saturated carbocycles. The van der Waals surface area contributed by atoms with Crippen LogP contribution in [0, 0.1) is 0 Å². The molecule has 0 aliphatic rings. The van der Waals surface area contributed by atoms with Crippen LogP contribution in [0.4, 0.5) is 0 Å². The van der Waals surface area contributed by atoms with Crippen molar-refractivity contribution in [2.24, 2.45) is 0 Å². The van der Waals surface area contributed by atoms with Gasteiger partial charge in [0.05, 0.1) is 0 Å². The summed E-state index contributed by atoms with van der Waals surface area (Å²) in [6.45, 7) is 0. The summed E-state index contributed by atoms with van der Waals surface area (Å²) in [5, 5.41) is 8.42. The van der Waals surface area contributed by atoms with E-state index in [4.69, 9.17) is 4.74 Å². The second kappa shape index (κ2) is 5.90. The number of methoxy groups -OCH3 is 1. The fraction of sp³-hybridized carbons (Fsp3) is 0.0667. The van der Waals surface area contributed by atoms with Gasteiger partial charge < -0.3 is 0 Å². The molecule has 1 heterocycles. The molecular formula is C15H13N3OSe. The third-order valence-electron chi connectivity index (χ3n) is 2.77. The van der Waals surface area contributed by atoms with Crippen LogP contribution < -0.4 is 13.8 Å². The van der Waals surface area contributed by atoms with Gasteiger partial charge in [0.25, 0.3) is 0 Å². The molecule has 0 aliphatic carbocycles. The molecule has 3 aromatic rings. The number of rotatable bonds is 4. The van der Waals surface area contributed by atoms with E-state index in [9.17, 15) is 0 Å². The topological polar surface area (TPSA) is 39.9 Å². The first-order valence-electron chi connectivity index (χ1n) is 6.15. The molecule has 0 atom stereocenters. The molecule has 0 spiro atoms. The fourth-order valence-corrected chi connectivity index (χ4v) is 3.37. The summed E-state index contributed by atoms with van der Waals surface area (Å²) < 4.78 is 9.24. The van der Waals surface area contributed by atoms with Crippen LogP contribution in [0.25, 0.3) is 5.69 Å². The van der Waals surface area contributed by atoms with Gasteiger partial charge in [0, 0.05) is 0 Å². The first kappa shape index (κ1) is 12.9. The molecule has 4 nitrogen and oxygen atoms in total. The van der Waals surface area contributed by atoms with E-state index < -0.39 is 0 Å². The van der Waals surface area contributed by atoms with Crippen molar-refractivity contribution in [2.75, 3.05) is 7.11 Å². The van der Waals surface area contributed by atoms with Gasteiger partial charge in [0.15, 0.2) is 0 Å². The van der Waals surface area contributed by atoms with Gasteiger partial charge >= 0.3 is 123 Å². The molecular weight excluding hydrogens is 317 g/mol. The van der Waals surface area contributed by atoms with Gasteiger partial charge in [-0.05, 0) is 0 Å². The third kappa shape index (κ3) is 2.90. The molecule has 1 aromatic heterocycles. The summed E-state index contributed by atoms with van der Waals surface area (Å²) in [5.74, 6) is 0.836. The van der Waals surface area contributed by atoms with Crippen molar-refractivity contribution in [3.8, 4) is 11.4 Å². The molecule has 100 valence electrons. The Kier molecular flexibility index (Phi) is 3.81. The fourth-order valence-electron chi connectivity index (χ4n) is 1.77. The molecule has 0 saturated heterocycles. The van der Waals surface area contributed by atoms with Crippen molar-refractivity contribution in [1.82, 2.24) is 15.0 Å². The number of aromatic nitrogens is 3. The van der Waals surface area contributed by atoms with Crippen LogP contribution in [0.5, 0.6) is 5.75 Å². The number of nitrogens with zero attached hydrogens (tertiary/aromatic N) is 3. The Balaban J connectivity index is 1.79. The number of hydrogen-bond donors (Lipinski definition) is 0. The Morgan fingerprint density at radius 1 is 1.00 bits per heavy atom. The maximum absolute atomic E-state index is 5.15. The molecule has 0 amide bonds. The van der Waals surface area contributed by atoms with Gasteiger partial charge in [-0.3, -0.25) is 0 Å².